The zero-order valence-electron chi connectivity index (χ0n) is 12.4. The Labute approximate surface area is 120 Å². The number of fused-ring (bicyclic) bond motifs is 1. The minimum atomic E-state index is 0.653. The quantitative estimate of drug-likeness (QED) is 0.712. The van der Waals surface area contributed by atoms with Gasteiger partial charge in [0.15, 0.2) is 0 Å². The Kier molecular flexibility index (Phi) is 6.05. The van der Waals surface area contributed by atoms with Crippen molar-refractivity contribution in [1.82, 2.24) is 9.88 Å². The Morgan fingerprint density at radius 2 is 2.00 bits per heavy atom. The largest absolute Gasteiger partial charge is 0.382 e. The summed E-state index contributed by atoms with van der Waals surface area (Å²) < 4.78 is 12.8. The van der Waals surface area contributed by atoms with Gasteiger partial charge in [-0.3, -0.25) is 0 Å². The summed E-state index contributed by atoms with van der Waals surface area (Å²) in [5, 5.41) is 4.56. The third-order valence-corrected chi connectivity index (χ3v) is 3.42. The van der Waals surface area contributed by atoms with E-state index in [1.54, 1.807) is 7.11 Å². The molecule has 0 fully saturated rings. The van der Waals surface area contributed by atoms with Crippen LogP contribution in [0.1, 0.15) is 5.56 Å². The lowest BCUT2D eigenvalue weighted by Crippen LogP contribution is -2.10. The normalized spacial score (nSPS) is 11.3. The van der Waals surface area contributed by atoms with Gasteiger partial charge in [-0.15, -0.1) is 0 Å². The van der Waals surface area contributed by atoms with E-state index in [0.717, 1.165) is 19.5 Å². The summed E-state index contributed by atoms with van der Waals surface area (Å²) in [5.74, 6) is 0. The molecule has 2 rings (SSSR count). The summed E-state index contributed by atoms with van der Waals surface area (Å²) >= 11 is 0. The van der Waals surface area contributed by atoms with E-state index in [1.807, 2.05) is 7.05 Å². The van der Waals surface area contributed by atoms with Gasteiger partial charge in [0.05, 0.1) is 19.8 Å². The lowest BCUT2D eigenvalue weighted by atomic mass is 10.1. The third kappa shape index (κ3) is 3.82. The number of para-hydroxylation sites is 1. The first-order valence-electron chi connectivity index (χ1n) is 7.15. The molecule has 0 spiro atoms. The van der Waals surface area contributed by atoms with Crippen molar-refractivity contribution in [3.63, 3.8) is 0 Å². The smallest absolute Gasteiger partial charge is 0.0701 e. The van der Waals surface area contributed by atoms with Gasteiger partial charge in [-0.1, -0.05) is 18.2 Å². The van der Waals surface area contributed by atoms with E-state index in [-0.39, 0.29) is 0 Å². The average Bonchev–Trinajstić information content (AvgIpc) is 2.83. The summed E-state index contributed by atoms with van der Waals surface area (Å²) in [6.45, 7) is 3.90. The molecule has 0 aliphatic heterocycles. The first kappa shape index (κ1) is 15.0. The molecule has 1 heterocycles. The van der Waals surface area contributed by atoms with Gasteiger partial charge in [0.25, 0.3) is 0 Å². The van der Waals surface area contributed by atoms with Gasteiger partial charge >= 0.3 is 0 Å². The van der Waals surface area contributed by atoms with Crippen molar-refractivity contribution in [1.29, 1.82) is 0 Å². The zero-order chi connectivity index (χ0) is 14.2. The fourth-order valence-electron chi connectivity index (χ4n) is 2.37. The molecule has 0 amide bonds. The van der Waals surface area contributed by atoms with Crippen LogP contribution in [0.5, 0.6) is 0 Å². The van der Waals surface area contributed by atoms with Crippen molar-refractivity contribution >= 4 is 10.9 Å². The predicted molar refractivity (Wildman–Crippen MR) is 82.3 cm³/mol. The number of hydrogen-bond acceptors (Lipinski definition) is 3. The lowest BCUT2D eigenvalue weighted by Gasteiger charge is -2.06. The molecule has 20 heavy (non-hydrogen) atoms. The van der Waals surface area contributed by atoms with Gasteiger partial charge in [0.2, 0.25) is 0 Å². The van der Waals surface area contributed by atoms with E-state index in [4.69, 9.17) is 9.47 Å². The summed E-state index contributed by atoms with van der Waals surface area (Å²) in [4.78, 5) is 0. The lowest BCUT2D eigenvalue weighted by molar-refractivity contribution is 0.0670. The molecule has 0 aliphatic rings. The Bertz CT molecular complexity index is 522. The Morgan fingerprint density at radius 3 is 2.80 bits per heavy atom. The van der Waals surface area contributed by atoms with Crippen LogP contribution in [0.2, 0.25) is 0 Å². The average molecular weight is 276 g/mol. The molecular weight excluding hydrogens is 252 g/mol. The van der Waals surface area contributed by atoms with E-state index in [9.17, 15) is 0 Å². The maximum Gasteiger partial charge on any atom is 0.0701 e. The minimum Gasteiger partial charge on any atom is -0.382 e. The van der Waals surface area contributed by atoms with Gasteiger partial charge in [0, 0.05) is 30.8 Å². The SMILES string of the molecule is CNCCc1cn(CCOCCOC)c2ccccc12. The molecule has 2 aromatic rings. The fourth-order valence-corrected chi connectivity index (χ4v) is 2.37. The van der Waals surface area contributed by atoms with E-state index in [1.165, 1.54) is 16.5 Å². The van der Waals surface area contributed by atoms with Gasteiger partial charge in [-0.05, 0) is 31.6 Å². The standard InChI is InChI=1S/C16H24N2O2/c1-17-8-7-14-13-18(9-10-20-12-11-19-2)16-6-4-3-5-15(14)16/h3-6,13,17H,7-12H2,1-2H3. The second-order valence-electron chi connectivity index (χ2n) is 4.82. The van der Waals surface area contributed by atoms with Crippen molar-refractivity contribution in [3.05, 3.63) is 36.0 Å². The van der Waals surface area contributed by atoms with Crippen LogP contribution in [0.4, 0.5) is 0 Å². The van der Waals surface area contributed by atoms with Crippen molar-refractivity contribution in [3.8, 4) is 0 Å². The zero-order valence-corrected chi connectivity index (χ0v) is 12.4. The van der Waals surface area contributed by atoms with E-state index >= 15 is 0 Å². The summed E-state index contributed by atoms with van der Waals surface area (Å²) in [5.41, 5.74) is 2.68. The third-order valence-electron chi connectivity index (χ3n) is 3.42. The second-order valence-corrected chi connectivity index (χ2v) is 4.82. The number of benzene rings is 1. The molecule has 0 bridgehead atoms. The molecule has 0 unspecified atom stereocenters. The molecular formula is C16H24N2O2. The Hall–Kier alpha value is -1.36. The number of ether oxygens (including phenoxy) is 2. The summed E-state index contributed by atoms with van der Waals surface area (Å²) in [6, 6.07) is 8.56. The highest BCUT2D eigenvalue weighted by molar-refractivity contribution is 5.84. The number of nitrogens with zero attached hydrogens (tertiary/aromatic N) is 1. The molecule has 0 saturated heterocycles. The van der Waals surface area contributed by atoms with E-state index in [2.05, 4.69) is 40.3 Å². The van der Waals surface area contributed by atoms with Crippen LogP contribution in [0.3, 0.4) is 0 Å². The first-order valence-corrected chi connectivity index (χ1v) is 7.15. The first-order chi connectivity index (χ1) is 9.86. The van der Waals surface area contributed by atoms with Crippen molar-refractivity contribution < 1.29 is 9.47 Å². The molecule has 4 heteroatoms. The topological polar surface area (TPSA) is 35.4 Å². The molecule has 0 saturated carbocycles. The molecule has 110 valence electrons. The van der Waals surface area contributed by atoms with Crippen LogP contribution in [0.15, 0.2) is 30.5 Å². The van der Waals surface area contributed by atoms with Crippen molar-refractivity contribution in [2.24, 2.45) is 0 Å². The molecule has 1 aromatic heterocycles. The second kappa shape index (κ2) is 8.04. The molecule has 0 aliphatic carbocycles. The predicted octanol–water partition coefficient (Wildman–Crippen LogP) is 2.07. The molecule has 1 aromatic carbocycles. The summed E-state index contributed by atoms with van der Waals surface area (Å²) in [6.07, 6.45) is 3.30. The Morgan fingerprint density at radius 1 is 1.15 bits per heavy atom. The van der Waals surface area contributed by atoms with Crippen LogP contribution >= 0.6 is 0 Å². The maximum atomic E-state index is 5.56. The maximum absolute atomic E-state index is 5.56. The minimum absolute atomic E-state index is 0.653. The van der Waals surface area contributed by atoms with Crippen LogP contribution in [-0.4, -0.2) is 45.1 Å². The van der Waals surface area contributed by atoms with Gasteiger partial charge in [-0.2, -0.15) is 0 Å². The number of nitrogens with one attached hydrogen (secondary N) is 1. The van der Waals surface area contributed by atoms with Crippen LogP contribution < -0.4 is 5.32 Å². The van der Waals surface area contributed by atoms with Crippen LogP contribution in [0, 0.1) is 0 Å². The Balaban J connectivity index is 2.04. The van der Waals surface area contributed by atoms with E-state index in [0.29, 0.717) is 19.8 Å². The number of hydrogen-bond donors (Lipinski definition) is 1. The number of methoxy groups -OCH3 is 1. The number of aromatic nitrogens is 1. The highest BCUT2D eigenvalue weighted by Gasteiger charge is 2.07. The van der Waals surface area contributed by atoms with Gasteiger partial charge < -0.3 is 19.4 Å². The van der Waals surface area contributed by atoms with Crippen molar-refractivity contribution in [2.45, 2.75) is 13.0 Å². The van der Waals surface area contributed by atoms with Gasteiger partial charge in [0.1, 0.15) is 0 Å². The highest BCUT2D eigenvalue weighted by atomic mass is 16.5. The van der Waals surface area contributed by atoms with E-state index < -0.39 is 0 Å². The number of rotatable bonds is 9. The van der Waals surface area contributed by atoms with Crippen molar-refractivity contribution in [2.75, 3.05) is 40.5 Å². The van der Waals surface area contributed by atoms with Gasteiger partial charge in [-0.25, -0.2) is 0 Å². The monoisotopic (exact) mass is 276 g/mol. The molecule has 0 radical (unpaired) electrons. The molecule has 1 N–H and O–H groups in total. The number of likely N-dealkylation sites (N-methyl/N-ethyl adjacent to an activating group) is 1. The molecule has 0 atom stereocenters. The highest BCUT2D eigenvalue weighted by Crippen LogP contribution is 2.21. The molecule has 4 nitrogen and oxygen atoms in total. The van der Waals surface area contributed by atoms with Crippen LogP contribution in [-0.2, 0) is 22.4 Å². The van der Waals surface area contributed by atoms with Crippen LogP contribution in [0.25, 0.3) is 10.9 Å². The fraction of sp³-hybridized carbons (Fsp3) is 0.500. The summed E-state index contributed by atoms with van der Waals surface area (Å²) in [7, 11) is 3.68.